The topological polar surface area (TPSA) is 42.7 Å². The van der Waals surface area contributed by atoms with E-state index in [0.717, 1.165) is 36.5 Å². The van der Waals surface area contributed by atoms with Crippen molar-refractivity contribution < 1.29 is 0 Å². The first-order chi connectivity index (χ1) is 10.4. The highest BCUT2D eigenvalue weighted by molar-refractivity contribution is 5.80. The highest BCUT2D eigenvalue weighted by Crippen LogP contribution is 2.33. The van der Waals surface area contributed by atoms with E-state index in [0.29, 0.717) is 0 Å². The highest BCUT2D eigenvalue weighted by atomic mass is 15.1. The molecule has 0 radical (unpaired) electrons. The van der Waals surface area contributed by atoms with Crippen LogP contribution in [-0.2, 0) is 13.0 Å². The van der Waals surface area contributed by atoms with Crippen LogP contribution in [0.1, 0.15) is 18.9 Å². The van der Waals surface area contributed by atoms with Crippen LogP contribution in [0.4, 0.5) is 5.69 Å². The number of anilines is 1. The van der Waals surface area contributed by atoms with Crippen molar-refractivity contribution in [1.29, 1.82) is 0 Å². The molecule has 0 bridgehead atoms. The number of aromatic nitrogens is 3. The molecular formula is C17H18N4. The fourth-order valence-electron chi connectivity index (χ4n) is 3.18. The number of pyridine rings is 1. The van der Waals surface area contributed by atoms with Gasteiger partial charge in [-0.25, -0.2) is 9.97 Å². The molecule has 0 saturated carbocycles. The number of nitrogens with one attached hydrogen (secondary N) is 1. The lowest BCUT2D eigenvalue weighted by Gasteiger charge is -2.21. The molecule has 0 spiro atoms. The monoisotopic (exact) mass is 278 g/mol. The van der Waals surface area contributed by atoms with Gasteiger partial charge in [0, 0.05) is 30.5 Å². The SMILES string of the molecule is CCn1c(-c2cccc3c2CCCN3)nc2cccnc21. The van der Waals surface area contributed by atoms with Crippen LogP contribution in [0.5, 0.6) is 0 Å². The van der Waals surface area contributed by atoms with Gasteiger partial charge in [-0.2, -0.15) is 0 Å². The second-order valence-electron chi connectivity index (χ2n) is 5.39. The smallest absolute Gasteiger partial charge is 0.160 e. The van der Waals surface area contributed by atoms with E-state index in [9.17, 15) is 0 Å². The van der Waals surface area contributed by atoms with Gasteiger partial charge in [0.1, 0.15) is 11.3 Å². The Labute approximate surface area is 123 Å². The van der Waals surface area contributed by atoms with Crippen LogP contribution in [0.25, 0.3) is 22.6 Å². The van der Waals surface area contributed by atoms with Crippen molar-refractivity contribution in [2.24, 2.45) is 0 Å². The molecule has 0 atom stereocenters. The molecule has 0 unspecified atom stereocenters. The minimum Gasteiger partial charge on any atom is -0.385 e. The van der Waals surface area contributed by atoms with Gasteiger partial charge in [0.15, 0.2) is 5.65 Å². The maximum absolute atomic E-state index is 4.83. The fraction of sp³-hybridized carbons (Fsp3) is 0.294. The maximum atomic E-state index is 4.83. The van der Waals surface area contributed by atoms with Gasteiger partial charge < -0.3 is 9.88 Å². The van der Waals surface area contributed by atoms with Crippen LogP contribution < -0.4 is 5.32 Å². The van der Waals surface area contributed by atoms with Crippen LogP contribution in [-0.4, -0.2) is 21.1 Å². The number of rotatable bonds is 2. The van der Waals surface area contributed by atoms with Crippen LogP contribution in [0.15, 0.2) is 36.5 Å². The van der Waals surface area contributed by atoms with E-state index in [1.54, 1.807) is 0 Å². The molecule has 0 fully saturated rings. The van der Waals surface area contributed by atoms with Crippen molar-refractivity contribution in [3.8, 4) is 11.4 Å². The van der Waals surface area contributed by atoms with Crippen molar-refractivity contribution in [2.75, 3.05) is 11.9 Å². The van der Waals surface area contributed by atoms with Gasteiger partial charge in [0.05, 0.1) is 0 Å². The number of hydrogen-bond donors (Lipinski definition) is 1. The van der Waals surface area contributed by atoms with Crippen molar-refractivity contribution in [3.05, 3.63) is 42.1 Å². The largest absolute Gasteiger partial charge is 0.385 e. The average molecular weight is 278 g/mol. The first-order valence-electron chi connectivity index (χ1n) is 7.56. The quantitative estimate of drug-likeness (QED) is 0.780. The van der Waals surface area contributed by atoms with Crippen LogP contribution in [0, 0.1) is 0 Å². The molecule has 1 aliphatic rings. The van der Waals surface area contributed by atoms with Crippen molar-refractivity contribution in [3.63, 3.8) is 0 Å². The number of benzene rings is 1. The summed E-state index contributed by atoms with van der Waals surface area (Å²) < 4.78 is 2.21. The van der Waals surface area contributed by atoms with Gasteiger partial charge in [0.25, 0.3) is 0 Å². The molecule has 4 rings (SSSR count). The van der Waals surface area contributed by atoms with Crippen molar-refractivity contribution in [2.45, 2.75) is 26.3 Å². The van der Waals surface area contributed by atoms with Gasteiger partial charge in [-0.1, -0.05) is 12.1 Å². The third kappa shape index (κ3) is 1.90. The summed E-state index contributed by atoms with van der Waals surface area (Å²) in [6.45, 7) is 4.08. The van der Waals surface area contributed by atoms with Crippen molar-refractivity contribution >= 4 is 16.9 Å². The van der Waals surface area contributed by atoms with Crippen LogP contribution in [0.3, 0.4) is 0 Å². The molecule has 2 aromatic heterocycles. The summed E-state index contributed by atoms with van der Waals surface area (Å²) in [4.78, 5) is 9.33. The third-order valence-corrected chi connectivity index (χ3v) is 4.16. The van der Waals surface area contributed by atoms with E-state index in [-0.39, 0.29) is 0 Å². The molecule has 3 heterocycles. The number of aryl methyl sites for hydroxylation is 1. The Bertz CT molecular complexity index is 804. The predicted octanol–water partition coefficient (Wildman–Crippen LogP) is 3.48. The zero-order valence-corrected chi connectivity index (χ0v) is 12.1. The van der Waals surface area contributed by atoms with Gasteiger partial charge >= 0.3 is 0 Å². The molecule has 0 aliphatic carbocycles. The van der Waals surface area contributed by atoms with E-state index in [1.165, 1.54) is 23.2 Å². The van der Waals surface area contributed by atoms with E-state index in [4.69, 9.17) is 4.98 Å². The average Bonchev–Trinajstić information content (AvgIpc) is 2.92. The van der Waals surface area contributed by atoms with Crippen molar-refractivity contribution in [1.82, 2.24) is 14.5 Å². The Morgan fingerprint density at radius 3 is 3.10 bits per heavy atom. The fourth-order valence-corrected chi connectivity index (χ4v) is 3.18. The second kappa shape index (κ2) is 4.88. The van der Waals surface area contributed by atoms with Gasteiger partial charge in [-0.3, -0.25) is 0 Å². The minimum atomic E-state index is 0.875. The third-order valence-electron chi connectivity index (χ3n) is 4.16. The summed E-state index contributed by atoms with van der Waals surface area (Å²) in [5.41, 5.74) is 5.81. The van der Waals surface area contributed by atoms with E-state index in [1.807, 2.05) is 18.3 Å². The van der Waals surface area contributed by atoms with E-state index >= 15 is 0 Å². The molecule has 0 amide bonds. The maximum Gasteiger partial charge on any atom is 0.160 e. The van der Waals surface area contributed by atoms with Gasteiger partial charge in [0.2, 0.25) is 0 Å². The molecule has 106 valence electrons. The molecule has 21 heavy (non-hydrogen) atoms. The summed E-state index contributed by atoms with van der Waals surface area (Å²) in [6, 6.07) is 10.4. The normalized spacial score (nSPS) is 14.0. The number of fused-ring (bicyclic) bond motifs is 2. The van der Waals surface area contributed by atoms with E-state index < -0.39 is 0 Å². The second-order valence-corrected chi connectivity index (χ2v) is 5.39. The first-order valence-corrected chi connectivity index (χ1v) is 7.56. The number of nitrogens with zero attached hydrogens (tertiary/aromatic N) is 3. The molecular weight excluding hydrogens is 260 g/mol. The number of imidazole rings is 1. The Balaban J connectivity index is 1.98. The highest BCUT2D eigenvalue weighted by Gasteiger charge is 2.18. The molecule has 4 heteroatoms. The molecule has 0 saturated heterocycles. The minimum absolute atomic E-state index is 0.875. The molecule has 1 aromatic carbocycles. The zero-order valence-electron chi connectivity index (χ0n) is 12.1. The lowest BCUT2D eigenvalue weighted by Crippen LogP contribution is -2.13. The molecule has 3 aromatic rings. The van der Waals surface area contributed by atoms with Gasteiger partial charge in [-0.15, -0.1) is 0 Å². The Morgan fingerprint density at radius 1 is 1.24 bits per heavy atom. The lowest BCUT2D eigenvalue weighted by atomic mass is 9.97. The van der Waals surface area contributed by atoms with Gasteiger partial charge in [-0.05, 0) is 43.5 Å². The van der Waals surface area contributed by atoms with E-state index in [2.05, 4.69) is 40.0 Å². The summed E-state index contributed by atoms with van der Waals surface area (Å²) in [5.74, 6) is 1.03. The molecule has 4 nitrogen and oxygen atoms in total. The van der Waals surface area contributed by atoms with Crippen LogP contribution in [0.2, 0.25) is 0 Å². The Hall–Kier alpha value is -2.36. The molecule has 1 N–H and O–H groups in total. The molecule has 1 aliphatic heterocycles. The summed E-state index contributed by atoms with van der Waals surface area (Å²) in [7, 11) is 0. The summed E-state index contributed by atoms with van der Waals surface area (Å²) >= 11 is 0. The van der Waals surface area contributed by atoms with Crippen LogP contribution >= 0.6 is 0 Å². The zero-order chi connectivity index (χ0) is 14.2. The summed E-state index contributed by atoms with van der Waals surface area (Å²) in [6.07, 6.45) is 4.12. The lowest BCUT2D eigenvalue weighted by molar-refractivity contribution is 0.781. The summed E-state index contributed by atoms with van der Waals surface area (Å²) in [5, 5.41) is 3.49. The number of hydrogen-bond acceptors (Lipinski definition) is 3. The Kier molecular flexibility index (Phi) is 2.88. The predicted molar refractivity (Wildman–Crippen MR) is 85.4 cm³/mol. The standard InChI is InChI=1S/C17H18N4/c1-2-21-16(20-15-9-5-11-19-17(15)21)13-6-3-8-14-12(13)7-4-10-18-14/h3,5-6,8-9,11,18H,2,4,7,10H2,1H3. The Morgan fingerprint density at radius 2 is 2.19 bits per heavy atom. The first kappa shape index (κ1) is 12.4.